The number of nitrogens with zero attached hydrogens (tertiary/aromatic N) is 4. The monoisotopic (exact) mass is 448 g/mol. The van der Waals surface area contributed by atoms with E-state index in [1.54, 1.807) is 6.20 Å². The van der Waals surface area contributed by atoms with Gasteiger partial charge in [0.1, 0.15) is 5.82 Å². The molecule has 0 aliphatic carbocycles. The highest BCUT2D eigenvalue weighted by Gasteiger charge is 2.40. The van der Waals surface area contributed by atoms with Crippen molar-refractivity contribution >= 4 is 17.4 Å². The maximum atomic E-state index is 12.9. The first kappa shape index (κ1) is 22.2. The van der Waals surface area contributed by atoms with Gasteiger partial charge in [0.05, 0.1) is 11.6 Å². The molecule has 33 heavy (non-hydrogen) atoms. The molecule has 3 N–H and O–H groups in total. The molecule has 176 valence electrons. The van der Waals surface area contributed by atoms with Gasteiger partial charge in [-0.1, -0.05) is 12.1 Å². The number of fused-ring (bicyclic) bond motifs is 2. The van der Waals surface area contributed by atoms with Crippen molar-refractivity contribution in [2.24, 2.45) is 5.73 Å². The van der Waals surface area contributed by atoms with Crippen LogP contribution in [-0.4, -0.2) is 67.1 Å². The molecule has 4 heterocycles. The summed E-state index contributed by atoms with van der Waals surface area (Å²) < 4.78 is 0. The topological polar surface area (TPSA) is 77.7 Å². The highest BCUT2D eigenvalue weighted by Crippen LogP contribution is 2.37. The van der Waals surface area contributed by atoms with E-state index in [2.05, 4.69) is 56.3 Å². The van der Waals surface area contributed by atoms with Crippen molar-refractivity contribution < 1.29 is 4.79 Å². The Hall–Kier alpha value is -2.64. The van der Waals surface area contributed by atoms with Gasteiger partial charge in [-0.3, -0.25) is 4.79 Å². The molecule has 7 nitrogen and oxygen atoms in total. The second kappa shape index (κ2) is 9.31. The number of carbonyl (C=O) groups excluding carboxylic acids is 1. The van der Waals surface area contributed by atoms with Gasteiger partial charge in [-0.2, -0.15) is 0 Å². The lowest BCUT2D eigenvalue weighted by molar-refractivity contribution is 0.0939. The van der Waals surface area contributed by atoms with E-state index in [1.165, 1.54) is 18.5 Å². The molecule has 3 atom stereocenters. The minimum atomic E-state index is -0.0895. The summed E-state index contributed by atoms with van der Waals surface area (Å²) in [7, 11) is 2.17. The number of carbonyl (C=O) groups is 1. The molecule has 0 radical (unpaired) electrons. The van der Waals surface area contributed by atoms with E-state index < -0.39 is 0 Å². The number of likely N-dealkylation sites (N-methyl/N-ethyl adjacent to an activating group) is 1. The molecule has 1 amide bonds. The average Bonchev–Trinajstić information content (AvgIpc) is 3.10. The smallest absolute Gasteiger partial charge is 0.253 e. The van der Waals surface area contributed by atoms with Crippen molar-refractivity contribution in [2.75, 3.05) is 43.0 Å². The molecule has 3 aliphatic heterocycles. The van der Waals surface area contributed by atoms with Crippen LogP contribution in [0.15, 0.2) is 42.6 Å². The van der Waals surface area contributed by atoms with Crippen molar-refractivity contribution in [2.45, 2.75) is 56.8 Å². The minimum Gasteiger partial charge on any atom is -0.369 e. The summed E-state index contributed by atoms with van der Waals surface area (Å²) in [5, 5.41) is 3.12. The quantitative estimate of drug-likeness (QED) is 0.733. The van der Waals surface area contributed by atoms with E-state index in [1.807, 2.05) is 19.1 Å². The molecule has 1 aromatic carbocycles. The van der Waals surface area contributed by atoms with Gasteiger partial charge in [-0.05, 0) is 69.5 Å². The van der Waals surface area contributed by atoms with Gasteiger partial charge in [0, 0.05) is 56.2 Å². The van der Waals surface area contributed by atoms with Crippen LogP contribution >= 0.6 is 0 Å². The van der Waals surface area contributed by atoms with Crippen molar-refractivity contribution in [1.82, 2.24) is 15.2 Å². The lowest BCUT2D eigenvalue weighted by Gasteiger charge is -2.38. The SMILES string of the molecule is C[C@H](NC(=O)c1ccc(N2C3CCC2CC(N)C3)nc1)c1ccc(N2CCN(C)CC2)cc1. The highest BCUT2D eigenvalue weighted by molar-refractivity contribution is 5.94. The number of benzene rings is 1. The van der Waals surface area contributed by atoms with Crippen LogP contribution in [0.25, 0.3) is 0 Å². The molecule has 1 aromatic heterocycles. The number of rotatable bonds is 5. The molecule has 2 unspecified atom stereocenters. The Bertz CT molecular complexity index is 940. The van der Waals surface area contributed by atoms with Crippen molar-refractivity contribution in [3.8, 4) is 0 Å². The van der Waals surface area contributed by atoms with Crippen LogP contribution in [-0.2, 0) is 0 Å². The second-order valence-electron chi connectivity index (χ2n) is 10.0. The average molecular weight is 449 g/mol. The first-order chi connectivity index (χ1) is 16.0. The van der Waals surface area contributed by atoms with Gasteiger partial charge < -0.3 is 25.8 Å². The molecule has 5 rings (SSSR count). The number of amides is 1. The standard InChI is InChI=1S/C26H36N6O/c1-18(19-3-6-22(7-4-19)31-13-11-30(2)12-14-31)29-26(33)20-5-10-25(28-17-20)32-23-8-9-24(32)16-21(27)15-23/h3-7,10,17-18,21,23-24H,8-9,11-16,27H2,1-2H3,(H,29,33)/t18-,21?,23?,24?/m0/s1. The summed E-state index contributed by atoms with van der Waals surface area (Å²) in [6, 6.07) is 13.7. The Kier molecular flexibility index (Phi) is 6.25. The predicted molar refractivity (Wildman–Crippen MR) is 133 cm³/mol. The maximum absolute atomic E-state index is 12.9. The van der Waals surface area contributed by atoms with Crippen molar-refractivity contribution in [3.05, 3.63) is 53.7 Å². The highest BCUT2D eigenvalue weighted by atomic mass is 16.1. The molecule has 7 heteroatoms. The summed E-state index contributed by atoms with van der Waals surface area (Å²) in [5.41, 5.74) is 9.15. The zero-order valence-electron chi connectivity index (χ0n) is 19.8. The molecular formula is C26H36N6O. The van der Waals surface area contributed by atoms with E-state index in [0.29, 0.717) is 23.7 Å². The van der Waals surface area contributed by atoms with Gasteiger partial charge in [0.2, 0.25) is 0 Å². The Morgan fingerprint density at radius 2 is 1.70 bits per heavy atom. The largest absolute Gasteiger partial charge is 0.369 e. The van der Waals surface area contributed by atoms with E-state index in [4.69, 9.17) is 5.73 Å². The molecule has 0 spiro atoms. The molecule has 3 fully saturated rings. The first-order valence-corrected chi connectivity index (χ1v) is 12.3. The lowest BCUT2D eigenvalue weighted by atomic mass is 9.98. The minimum absolute atomic E-state index is 0.0712. The molecule has 3 aliphatic rings. The van der Waals surface area contributed by atoms with Crippen LogP contribution in [0.1, 0.15) is 54.6 Å². The summed E-state index contributed by atoms with van der Waals surface area (Å²) in [6.07, 6.45) is 6.15. The summed E-state index contributed by atoms with van der Waals surface area (Å²) in [4.78, 5) is 24.7. The second-order valence-corrected chi connectivity index (χ2v) is 10.0. The summed E-state index contributed by atoms with van der Waals surface area (Å²) in [6.45, 7) is 6.31. The third-order valence-electron chi connectivity index (χ3n) is 7.65. The molecule has 2 aromatic rings. The lowest BCUT2D eigenvalue weighted by Crippen LogP contribution is -2.47. The predicted octanol–water partition coefficient (Wildman–Crippen LogP) is 2.78. The third kappa shape index (κ3) is 4.70. The number of piperidine rings is 1. The van der Waals surface area contributed by atoms with E-state index in [9.17, 15) is 4.79 Å². The Balaban J connectivity index is 1.19. The molecule has 3 saturated heterocycles. The maximum Gasteiger partial charge on any atom is 0.253 e. The Morgan fingerprint density at radius 3 is 2.30 bits per heavy atom. The number of pyridine rings is 1. The van der Waals surface area contributed by atoms with Crippen LogP contribution in [0.2, 0.25) is 0 Å². The van der Waals surface area contributed by atoms with Crippen LogP contribution in [0.3, 0.4) is 0 Å². The summed E-state index contributed by atoms with van der Waals surface area (Å²) in [5.74, 6) is 0.881. The zero-order valence-corrected chi connectivity index (χ0v) is 19.8. The van der Waals surface area contributed by atoms with Gasteiger partial charge in [0.15, 0.2) is 0 Å². The third-order valence-corrected chi connectivity index (χ3v) is 7.65. The fraction of sp³-hybridized carbons (Fsp3) is 0.538. The Labute approximate surface area is 196 Å². The molecule has 2 bridgehead atoms. The number of hydrogen-bond donors (Lipinski definition) is 2. The number of hydrogen-bond acceptors (Lipinski definition) is 6. The number of anilines is 2. The van der Waals surface area contributed by atoms with E-state index >= 15 is 0 Å². The van der Waals surface area contributed by atoms with Crippen LogP contribution in [0.4, 0.5) is 11.5 Å². The zero-order chi connectivity index (χ0) is 22.9. The van der Waals surface area contributed by atoms with Crippen LogP contribution < -0.4 is 20.9 Å². The fourth-order valence-corrected chi connectivity index (χ4v) is 5.67. The first-order valence-electron chi connectivity index (χ1n) is 12.3. The van der Waals surface area contributed by atoms with Gasteiger partial charge >= 0.3 is 0 Å². The van der Waals surface area contributed by atoms with Crippen LogP contribution in [0, 0.1) is 0 Å². The van der Waals surface area contributed by atoms with Crippen molar-refractivity contribution in [3.63, 3.8) is 0 Å². The van der Waals surface area contributed by atoms with Gasteiger partial charge in [-0.25, -0.2) is 4.98 Å². The number of aromatic nitrogens is 1. The number of piperazine rings is 1. The van der Waals surface area contributed by atoms with Gasteiger partial charge in [-0.15, -0.1) is 0 Å². The molecular weight excluding hydrogens is 412 g/mol. The summed E-state index contributed by atoms with van der Waals surface area (Å²) >= 11 is 0. The van der Waals surface area contributed by atoms with Gasteiger partial charge in [0.25, 0.3) is 5.91 Å². The normalized spacial score (nSPS) is 26.3. The number of nitrogens with two attached hydrogens (primary N) is 1. The van der Waals surface area contributed by atoms with E-state index in [0.717, 1.165) is 50.4 Å². The fourth-order valence-electron chi connectivity index (χ4n) is 5.67. The van der Waals surface area contributed by atoms with Crippen LogP contribution in [0.5, 0.6) is 0 Å². The van der Waals surface area contributed by atoms with Crippen molar-refractivity contribution in [1.29, 1.82) is 0 Å². The Morgan fingerprint density at radius 1 is 1.03 bits per heavy atom. The number of nitrogens with one attached hydrogen (secondary N) is 1. The molecule has 0 saturated carbocycles. The van der Waals surface area contributed by atoms with E-state index in [-0.39, 0.29) is 11.9 Å².